The van der Waals surface area contributed by atoms with E-state index in [1.165, 1.54) is 42.5 Å². The standard InChI is InChI=1S/C30H18N2O6/c33-27(20-7-2-1-3-8-20)15-12-19-6-4-10-23(16-19)31-29(35)25-14-13-22(18-26(25)30(31)36)28(34)21-9-5-11-24(17-21)32(37)38/h1-18H/b15-12-. The maximum Gasteiger partial charge on any atom is 0.270 e. The third kappa shape index (κ3) is 4.54. The minimum absolute atomic E-state index is 0.0616. The Labute approximate surface area is 216 Å². The number of rotatable bonds is 7. The number of ketones is 2. The fraction of sp³-hybridized carbons (Fsp3) is 0. The molecule has 0 saturated carbocycles. The smallest absolute Gasteiger partial charge is 0.270 e. The van der Waals surface area contributed by atoms with Crippen LogP contribution in [0.1, 0.15) is 52.6 Å². The monoisotopic (exact) mass is 502 g/mol. The fourth-order valence-electron chi connectivity index (χ4n) is 4.18. The number of benzene rings is 4. The summed E-state index contributed by atoms with van der Waals surface area (Å²) in [5.74, 6) is -1.83. The highest BCUT2D eigenvalue weighted by molar-refractivity contribution is 6.35. The second-order valence-corrected chi connectivity index (χ2v) is 8.50. The van der Waals surface area contributed by atoms with Crippen LogP contribution >= 0.6 is 0 Å². The van der Waals surface area contributed by atoms with E-state index in [4.69, 9.17) is 0 Å². The lowest BCUT2D eigenvalue weighted by Crippen LogP contribution is -2.29. The van der Waals surface area contributed by atoms with E-state index in [1.807, 2.05) is 6.07 Å². The highest BCUT2D eigenvalue weighted by Crippen LogP contribution is 2.30. The Balaban J connectivity index is 1.41. The molecule has 0 saturated heterocycles. The van der Waals surface area contributed by atoms with E-state index in [-0.39, 0.29) is 33.7 Å². The molecule has 0 radical (unpaired) electrons. The third-order valence-electron chi connectivity index (χ3n) is 6.08. The zero-order valence-corrected chi connectivity index (χ0v) is 19.7. The van der Waals surface area contributed by atoms with E-state index < -0.39 is 22.5 Å². The molecule has 1 aliphatic heterocycles. The van der Waals surface area contributed by atoms with Crippen molar-refractivity contribution < 1.29 is 24.1 Å². The number of carbonyl (C=O) groups excluding carboxylic acids is 4. The summed E-state index contributed by atoms with van der Waals surface area (Å²) in [6, 6.07) is 24.9. The quantitative estimate of drug-likeness (QED) is 0.108. The molecule has 0 spiro atoms. The molecular formula is C30H18N2O6. The van der Waals surface area contributed by atoms with Crippen molar-refractivity contribution in [2.24, 2.45) is 0 Å². The number of non-ortho nitro benzene ring substituents is 1. The number of hydrogen-bond acceptors (Lipinski definition) is 6. The average Bonchev–Trinajstić information content (AvgIpc) is 3.20. The number of anilines is 1. The highest BCUT2D eigenvalue weighted by atomic mass is 16.6. The van der Waals surface area contributed by atoms with Gasteiger partial charge in [0.25, 0.3) is 17.5 Å². The predicted octanol–water partition coefficient (Wildman–Crippen LogP) is 5.52. The molecule has 184 valence electrons. The average molecular weight is 502 g/mol. The SMILES string of the molecule is O=C(/C=C\c1cccc(N2C(=O)c3ccc(C(=O)c4cccc([N+](=O)[O-])c4)cc3C2=O)c1)c1ccccc1. The molecule has 1 heterocycles. The van der Waals surface area contributed by atoms with Gasteiger partial charge in [-0.25, -0.2) is 4.90 Å². The van der Waals surface area contributed by atoms with Gasteiger partial charge in [0.1, 0.15) is 0 Å². The van der Waals surface area contributed by atoms with Crippen LogP contribution in [-0.4, -0.2) is 28.3 Å². The van der Waals surface area contributed by atoms with Crippen LogP contribution in [0.5, 0.6) is 0 Å². The normalized spacial score (nSPS) is 12.6. The molecule has 0 atom stereocenters. The van der Waals surface area contributed by atoms with Gasteiger partial charge in [-0.3, -0.25) is 29.3 Å². The molecule has 4 aromatic rings. The summed E-state index contributed by atoms with van der Waals surface area (Å²) in [6.07, 6.45) is 3.02. The zero-order valence-electron chi connectivity index (χ0n) is 19.7. The molecular weight excluding hydrogens is 484 g/mol. The molecule has 0 N–H and O–H groups in total. The van der Waals surface area contributed by atoms with Gasteiger partial charge in [-0.1, -0.05) is 66.7 Å². The molecule has 1 aliphatic rings. The van der Waals surface area contributed by atoms with Gasteiger partial charge in [-0.15, -0.1) is 0 Å². The van der Waals surface area contributed by atoms with Crippen LogP contribution in [0.25, 0.3) is 6.08 Å². The molecule has 8 nitrogen and oxygen atoms in total. The maximum absolute atomic E-state index is 13.3. The van der Waals surface area contributed by atoms with Gasteiger partial charge in [0, 0.05) is 28.8 Å². The Hall–Kier alpha value is -5.50. The number of nitro benzene ring substituents is 1. The van der Waals surface area contributed by atoms with E-state index in [0.717, 1.165) is 11.0 Å². The Morgan fingerprint density at radius 2 is 1.39 bits per heavy atom. The van der Waals surface area contributed by atoms with Crippen LogP contribution in [0.3, 0.4) is 0 Å². The van der Waals surface area contributed by atoms with Gasteiger partial charge >= 0.3 is 0 Å². The lowest BCUT2D eigenvalue weighted by Gasteiger charge is -2.14. The molecule has 2 amide bonds. The number of nitrogens with zero attached hydrogens (tertiary/aromatic N) is 2. The maximum atomic E-state index is 13.3. The Kier molecular flexibility index (Phi) is 6.28. The van der Waals surface area contributed by atoms with E-state index in [9.17, 15) is 29.3 Å². The summed E-state index contributed by atoms with van der Waals surface area (Å²) < 4.78 is 0. The Morgan fingerprint density at radius 3 is 2.16 bits per heavy atom. The van der Waals surface area contributed by atoms with Gasteiger partial charge in [0.2, 0.25) is 0 Å². The molecule has 0 aliphatic carbocycles. The molecule has 0 aromatic heterocycles. The van der Waals surface area contributed by atoms with Crippen LogP contribution in [0.15, 0.2) is 103 Å². The van der Waals surface area contributed by atoms with Crippen LogP contribution in [0.4, 0.5) is 11.4 Å². The van der Waals surface area contributed by atoms with Crippen molar-refractivity contribution in [1.82, 2.24) is 0 Å². The largest absolute Gasteiger partial charge is 0.289 e. The van der Waals surface area contributed by atoms with Gasteiger partial charge in [-0.05, 0) is 35.9 Å². The first-order chi connectivity index (χ1) is 18.3. The van der Waals surface area contributed by atoms with Gasteiger partial charge in [0.05, 0.1) is 21.7 Å². The van der Waals surface area contributed by atoms with Crippen molar-refractivity contribution in [1.29, 1.82) is 0 Å². The first kappa shape index (κ1) is 24.2. The van der Waals surface area contributed by atoms with Crippen LogP contribution < -0.4 is 4.90 Å². The van der Waals surface area contributed by atoms with Crippen molar-refractivity contribution in [2.75, 3.05) is 4.90 Å². The van der Waals surface area contributed by atoms with E-state index in [0.29, 0.717) is 16.8 Å². The molecule has 8 heteroatoms. The van der Waals surface area contributed by atoms with E-state index in [2.05, 4.69) is 0 Å². The van der Waals surface area contributed by atoms with E-state index >= 15 is 0 Å². The zero-order chi connectivity index (χ0) is 26.8. The van der Waals surface area contributed by atoms with Crippen molar-refractivity contribution in [3.05, 3.63) is 147 Å². The lowest BCUT2D eigenvalue weighted by atomic mass is 9.99. The van der Waals surface area contributed by atoms with Crippen molar-refractivity contribution in [3.8, 4) is 0 Å². The lowest BCUT2D eigenvalue weighted by molar-refractivity contribution is -0.384. The molecule has 5 rings (SSSR count). The van der Waals surface area contributed by atoms with Gasteiger partial charge in [0.15, 0.2) is 11.6 Å². The Morgan fingerprint density at radius 1 is 0.711 bits per heavy atom. The molecule has 0 bridgehead atoms. The number of allylic oxidation sites excluding steroid dienone is 1. The first-order valence-electron chi connectivity index (χ1n) is 11.5. The minimum Gasteiger partial charge on any atom is -0.289 e. The number of nitro groups is 1. The van der Waals surface area contributed by atoms with E-state index in [1.54, 1.807) is 54.6 Å². The minimum atomic E-state index is -0.597. The second-order valence-electron chi connectivity index (χ2n) is 8.50. The van der Waals surface area contributed by atoms with Crippen LogP contribution in [-0.2, 0) is 0 Å². The van der Waals surface area contributed by atoms with Crippen LogP contribution in [0, 0.1) is 10.1 Å². The summed E-state index contributed by atoms with van der Waals surface area (Å²) in [5, 5.41) is 11.1. The number of amides is 2. The van der Waals surface area contributed by atoms with Crippen molar-refractivity contribution in [3.63, 3.8) is 0 Å². The number of fused-ring (bicyclic) bond motifs is 1. The highest BCUT2D eigenvalue weighted by Gasteiger charge is 2.37. The third-order valence-corrected chi connectivity index (χ3v) is 6.08. The first-order valence-corrected chi connectivity index (χ1v) is 11.5. The molecule has 38 heavy (non-hydrogen) atoms. The van der Waals surface area contributed by atoms with Gasteiger partial charge in [-0.2, -0.15) is 0 Å². The summed E-state index contributed by atoms with van der Waals surface area (Å²) in [5.41, 5.74) is 1.67. The topological polar surface area (TPSA) is 115 Å². The fourth-order valence-corrected chi connectivity index (χ4v) is 4.18. The number of hydrogen-bond donors (Lipinski definition) is 0. The number of carbonyl (C=O) groups is 4. The van der Waals surface area contributed by atoms with Crippen molar-refractivity contribution in [2.45, 2.75) is 0 Å². The summed E-state index contributed by atoms with van der Waals surface area (Å²) >= 11 is 0. The predicted molar refractivity (Wildman–Crippen MR) is 140 cm³/mol. The summed E-state index contributed by atoms with van der Waals surface area (Å²) in [4.78, 5) is 63.2. The van der Waals surface area contributed by atoms with Crippen LogP contribution in [0.2, 0.25) is 0 Å². The summed E-state index contributed by atoms with van der Waals surface area (Å²) in [7, 11) is 0. The van der Waals surface area contributed by atoms with Gasteiger partial charge < -0.3 is 0 Å². The van der Waals surface area contributed by atoms with Crippen molar-refractivity contribution >= 4 is 40.8 Å². The molecule has 4 aromatic carbocycles. The molecule has 0 fully saturated rings. The second kappa shape index (κ2) is 9.87. The molecule has 0 unspecified atom stereocenters. The number of imide groups is 1. The Bertz CT molecular complexity index is 1670. The summed E-state index contributed by atoms with van der Waals surface area (Å²) in [6.45, 7) is 0.